The van der Waals surface area contributed by atoms with Crippen molar-refractivity contribution in [1.29, 1.82) is 0 Å². The van der Waals surface area contributed by atoms with E-state index in [0.29, 0.717) is 28.8 Å². The van der Waals surface area contributed by atoms with Gasteiger partial charge < -0.3 is 4.90 Å². The van der Waals surface area contributed by atoms with Crippen molar-refractivity contribution >= 4 is 15.9 Å². The summed E-state index contributed by atoms with van der Waals surface area (Å²) in [6.07, 6.45) is 1.87. The molecule has 1 aliphatic heterocycles. The average molecular weight is 390 g/mol. The largest absolute Gasteiger partial charge is 0.336 e. The molecule has 3 rings (SSSR count). The van der Waals surface area contributed by atoms with Crippen LogP contribution in [-0.2, 0) is 10.0 Å². The van der Waals surface area contributed by atoms with E-state index in [0.717, 1.165) is 12.8 Å². The zero-order valence-corrected chi connectivity index (χ0v) is 16.4. The summed E-state index contributed by atoms with van der Waals surface area (Å²) < 4.78 is 38.1. The van der Waals surface area contributed by atoms with Gasteiger partial charge in [0.25, 0.3) is 5.91 Å². The van der Waals surface area contributed by atoms with Gasteiger partial charge in [0.2, 0.25) is 10.0 Å². The highest BCUT2D eigenvalue weighted by Gasteiger charge is 2.27. The highest BCUT2D eigenvalue weighted by molar-refractivity contribution is 7.89. The van der Waals surface area contributed by atoms with Gasteiger partial charge in [0.1, 0.15) is 5.82 Å². The normalized spacial score (nSPS) is 17.4. The van der Waals surface area contributed by atoms with Crippen LogP contribution in [0, 0.1) is 19.7 Å². The number of halogens is 1. The zero-order chi connectivity index (χ0) is 19.9. The zero-order valence-electron chi connectivity index (χ0n) is 15.6. The number of aryl methyl sites for hydroxylation is 1. The van der Waals surface area contributed by atoms with Crippen molar-refractivity contribution in [1.82, 2.24) is 4.90 Å². The van der Waals surface area contributed by atoms with E-state index in [2.05, 4.69) is 0 Å². The van der Waals surface area contributed by atoms with Crippen LogP contribution in [-0.4, -0.2) is 31.8 Å². The SMILES string of the molecule is Cc1cc(-c2cc(F)cc(C(=O)N3CCC[C@H]3C)c2)c(C)c(S(N)(=O)=O)c1. The molecule has 0 unspecified atom stereocenters. The number of primary sulfonamides is 1. The maximum Gasteiger partial charge on any atom is 0.254 e. The first-order valence-corrected chi connectivity index (χ1v) is 10.4. The van der Waals surface area contributed by atoms with E-state index >= 15 is 0 Å². The van der Waals surface area contributed by atoms with Gasteiger partial charge in [0, 0.05) is 18.2 Å². The molecule has 27 heavy (non-hydrogen) atoms. The molecule has 0 saturated carbocycles. The lowest BCUT2D eigenvalue weighted by molar-refractivity contribution is 0.0747. The minimum atomic E-state index is -3.91. The van der Waals surface area contributed by atoms with Gasteiger partial charge in [-0.05, 0) is 80.1 Å². The number of benzene rings is 2. The summed E-state index contributed by atoms with van der Waals surface area (Å²) in [5, 5.41) is 5.32. The predicted molar refractivity (Wildman–Crippen MR) is 102 cm³/mol. The van der Waals surface area contributed by atoms with Crippen molar-refractivity contribution in [2.24, 2.45) is 5.14 Å². The number of hydrogen-bond acceptors (Lipinski definition) is 3. The highest BCUT2D eigenvalue weighted by atomic mass is 32.2. The second-order valence-electron chi connectivity index (χ2n) is 7.20. The van der Waals surface area contributed by atoms with Crippen molar-refractivity contribution in [3.63, 3.8) is 0 Å². The summed E-state index contributed by atoms with van der Waals surface area (Å²) in [5.74, 6) is -0.751. The molecule has 2 aromatic rings. The third-order valence-electron chi connectivity index (χ3n) is 5.08. The molecule has 0 aliphatic carbocycles. The molecule has 7 heteroatoms. The molecule has 2 N–H and O–H groups in total. The van der Waals surface area contributed by atoms with E-state index < -0.39 is 15.8 Å². The number of carbonyl (C=O) groups is 1. The number of carbonyl (C=O) groups excluding carboxylic acids is 1. The molecule has 0 bridgehead atoms. The maximum atomic E-state index is 14.3. The molecule has 5 nitrogen and oxygen atoms in total. The number of nitrogens with two attached hydrogens (primary N) is 1. The third-order valence-corrected chi connectivity index (χ3v) is 6.12. The third kappa shape index (κ3) is 3.89. The number of likely N-dealkylation sites (tertiary alicyclic amines) is 1. The molecule has 1 amide bonds. The number of amides is 1. The fourth-order valence-corrected chi connectivity index (χ4v) is 4.58. The van der Waals surface area contributed by atoms with Gasteiger partial charge >= 0.3 is 0 Å². The summed E-state index contributed by atoms with van der Waals surface area (Å²) >= 11 is 0. The number of sulfonamides is 1. The van der Waals surface area contributed by atoms with Gasteiger partial charge in [-0.15, -0.1) is 0 Å². The summed E-state index contributed by atoms with van der Waals surface area (Å²) in [6, 6.07) is 7.53. The van der Waals surface area contributed by atoms with Crippen molar-refractivity contribution < 1.29 is 17.6 Å². The fraction of sp³-hybridized carbons (Fsp3) is 0.350. The minimum Gasteiger partial charge on any atom is -0.336 e. The molecular weight excluding hydrogens is 367 g/mol. The Bertz CT molecular complexity index is 1020. The second-order valence-corrected chi connectivity index (χ2v) is 8.73. The molecule has 1 atom stereocenters. The lowest BCUT2D eigenvalue weighted by Crippen LogP contribution is -2.33. The Morgan fingerprint density at radius 3 is 2.48 bits per heavy atom. The van der Waals surface area contributed by atoms with E-state index in [1.54, 1.807) is 30.9 Å². The van der Waals surface area contributed by atoms with E-state index in [-0.39, 0.29) is 22.4 Å². The van der Waals surface area contributed by atoms with Gasteiger partial charge in [0.05, 0.1) is 4.90 Å². The summed E-state index contributed by atoms with van der Waals surface area (Å²) in [7, 11) is -3.91. The molecule has 1 fully saturated rings. The first kappa shape index (κ1) is 19.5. The monoisotopic (exact) mass is 390 g/mol. The first-order chi connectivity index (χ1) is 12.6. The quantitative estimate of drug-likeness (QED) is 0.872. The standard InChI is InChI=1S/C20H23FN2O3S/c1-12-7-18(14(3)19(8-12)27(22,25)26)15-9-16(11-17(21)10-15)20(24)23-6-4-5-13(23)2/h7-11,13H,4-6H2,1-3H3,(H2,22,25,26)/t13-/m1/s1. The Morgan fingerprint density at radius 2 is 1.89 bits per heavy atom. The van der Waals surface area contributed by atoms with Crippen molar-refractivity contribution in [2.75, 3.05) is 6.54 Å². The van der Waals surface area contributed by atoms with Gasteiger partial charge in [-0.1, -0.05) is 6.07 Å². The first-order valence-electron chi connectivity index (χ1n) is 8.84. The van der Waals surface area contributed by atoms with Crippen LogP contribution in [0.15, 0.2) is 35.2 Å². The molecule has 0 spiro atoms. The van der Waals surface area contributed by atoms with E-state index in [1.165, 1.54) is 18.2 Å². The molecule has 144 valence electrons. The summed E-state index contributed by atoms with van der Waals surface area (Å²) in [5.41, 5.74) is 2.38. The molecule has 2 aromatic carbocycles. The van der Waals surface area contributed by atoms with Gasteiger partial charge in [-0.25, -0.2) is 17.9 Å². The van der Waals surface area contributed by atoms with Crippen molar-refractivity contribution in [2.45, 2.75) is 44.6 Å². The van der Waals surface area contributed by atoms with Crippen LogP contribution >= 0.6 is 0 Å². The Kier molecular flexibility index (Phi) is 5.10. The Labute approximate surface area is 159 Å². The van der Waals surface area contributed by atoms with E-state index in [1.807, 2.05) is 6.92 Å². The van der Waals surface area contributed by atoms with Crippen LogP contribution in [0.3, 0.4) is 0 Å². The molecule has 0 aromatic heterocycles. The lowest BCUT2D eigenvalue weighted by atomic mass is 9.96. The predicted octanol–water partition coefficient (Wildman–Crippen LogP) is 3.38. The summed E-state index contributed by atoms with van der Waals surface area (Å²) in [4.78, 5) is 14.6. The average Bonchev–Trinajstić information content (AvgIpc) is 3.00. The van der Waals surface area contributed by atoms with E-state index in [9.17, 15) is 17.6 Å². The van der Waals surface area contributed by atoms with E-state index in [4.69, 9.17) is 5.14 Å². The smallest absolute Gasteiger partial charge is 0.254 e. The number of nitrogens with zero attached hydrogens (tertiary/aromatic N) is 1. The van der Waals surface area contributed by atoms with Crippen LogP contribution in [0.4, 0.5) is 4.39 Å². The Morgan fingerprint density at radius 1 is 1.19 bits per heavy atom. The van der Waals surface area contributed by atoms with Gasteiger partial charge in [-0.2, -0.15) is 0 Å². The Balaban J connectivity index is 2.13. The lowest BCUT2D eigenvalue weighted by Gasteiger charge is -2.22. The van der Waals surface area contributed by atoms with Crippen LogP contribution in [0.25, 0.3) is 11.1 Å². The van der Waals surface area contributed by atoms with Crippen LogP contribution in [0.5, 0.6) is 0 Å². The molecule has 1 heterocycles. The molecule has 0 radical (unpaired) electrons. The maximum absolute atomic E-state index is 14.3. The van der Waals surface area contributed by atoms with Crippen LogP contribution < -0.4 is 5.14 Å². The number of hydrogen-bond donors (Lipinski definition) is 1. The number of rotatable bonds is 3. The molecule has 1 saturated heterocycles. The van der Waals surface area contributed by atoms with Gasteiger partial charge in [0.15, 0.2) is 0 Å². The van der Waals surface area contributed by atoms with Gasteiger partial charge in [-0.3, -0.25) is 4.79 Å². The van der Waals surface area contributed by atoms with Crippen LogP contribution in [0.1, 0.15) is 41.3 Å². The fourth-order valence-electron chi connectivity index (χ4n) is 3.69. The summed E-state index contributed by atoms with van der Waals surface area (Å²) in [6.45, 7) is 6.01. The second kappa shape index (κ2) is 7.05. The highest BCUT2D eigenvalue weighted by Crippen LogP contribution is 2.31. The van der Waals surface area contributed by atoms with Crippen molar-refractivity contribution in [3.8, 4) is 11.1 Å². The molecule has 1 aliphatic rings. The molecular formula is C20H23FN2O3S. The Hall–Kier alpha value is -2.25. The van der Waals surface area contributed by atoms with Crippen LogP contribution in [0.2, 0.25) is 0 Å². The topological polar surface area (TPSA) is 80.5 Å². The minimum absolute atomic E-state index is 0.00260. The van der Waals surface area contributed by atoms with Crippen molar-refractivity contribution in [3.05, 3.63) is 52.8 Å².